The fourth-order valence-corrected chi connectivity index (χ4v) is 2.84. The van der Waals surface area contributed by atoms with Crippen molar-refractivity contribution in [3.8, 4) is 5.75 Å². The van der Waals surface area contributed by atoms with Gasteiger partial charge >= 0.3 is 6.61 Å². The molecule has 2 unspecified atom stereocenters. The summed E-state index contributed by atoms with van der Waals surface area (Å²) in [6, 6.07) is 5.81. The molecular formula is C13H14BrF2NO2. The molecule has 0 spiro atoms. The molecule has 1 saturated carbocycles. The molecule has 1 aromatic rings. The van der Waals surface area contributed by atoms with E-state index in [2.05, 4.69) is 26.0 Å². The van der Waals surface area contributed by atoms with Gasteiger partial charge in [-0.1, -0.05) is 22.4 Å². The normalized spacial score (nSPS) is 22.5. The molecule has 1 N–H and O–H groups in total. The van der Waals surface area contributed by atoms with Crippen molar-refractivity contribution in [1.29, 1.82) is 0 Å². The van der Waals surface area contributed by atoms with Gasteiger partial charge in [0.15, 0.2) is 0 Å². The molecule has 1 aliphatic carbocycles. The van der Waals surface area contributed by atoms with Crippen LogP contribution in [0.3, 0.4) is 0 Å². The van der Waals surface area contributed by atoms with Crippen molar-refractivity contribution in [1.82, 2.24) is 5.32 Å². The first-order valence-corrected chi connectivity index (χ1v) is 6.97. The Morgan fingerprint density at radius 1 is 1.32 bits per heavy atom. The zero-order valence-electron chi connectivity index (χ0n) is 10.1. The van der Waals surface area contributed by atoms with Crippen LogP contribution in [-0.2, 0) is 0 Å². The summed E-state index contributed by atoms with van der Waals surface area (Å²) in [5.74, 6) is -0.147. The first-order valence-electron chi connectivity index (χ1n) is 6.06. The number of amides is 1. The zero-order valence-corrected chi connectivity index (χ0v) is 11.7. The van der Waals surface area contributed by atoms with E-state index in [9.17, 15) is 13.6 Å². The number of carbonyl (C=O) groups excluding carboxylic acids is 1. The molecule has 104 valence electrons. The van der Waals surface area contributed by atoms with Gasteiger partial charge in [-0.05, 0) is 37.1 Å². The fraction of sp³-hybridized carbons (Fsp3) is 0.462. The minimum absolute atomic E-state index is 0.0470. The van der Waals surface area contributed by atoms with Crippen molar-refractivity contribution in [2.75, 3.05) is 0 Å². The van der Waals surface area contributed by atoms with Crippen LogP contribution in [0.1, 0.15) is 29.6 Å². The van der Waals surface area contributed by atoms with Gasteiger partial charge in [0.1, 0.15) is 5.75 Å². The van der Waals surface area contributed by atoms with Gasteiger partial charge in [0.25, 0.3) is 5.91 Å². The molecule has 1 fully saturated rings. The van der Waals surface area contributed by atoms with E-state index in [4.69, 9.17) is 0 Å². The highest BCUT2D eigenvalue weighted by Gasteiger charge is 2.26. The smallest absolute Gasteiger partial charge is 0.387 e. The second-order valence-corrected chi connectivity index (χ2v) is 5.61. The number of nitrogens with one attached hydrogen (secondary N) is 1. The largest absolute Gasteiger partial charge is 0.435 e. The van der Waals surface area contributed by atoms with Crippen molar-refractivity contribution in [2.45, 2.75) is 36.7 Å². The molecule has 0 radical (unpaired) electrons. The molecule has 0 aromatic heterocycles. The Morgan fingerprint density at radius 3 is 2.53 bits per heavy atom. The summed E-state index contributed by atoms with van der Waals surface area (Å²) in [5, 5.41) is 2.93. The third-order valence-corrected chi connectivity index (χ3v) is 4.19. The van der Waals surface area contributed by atoms with Crippen molar-refractivity contribution < 1.29 is 18.3 Å². The number of ether oxygens (including phenoxy) is 1. The van der Waals surface area contributed by atoms with Crippen LogP contribution >= 0.6 is 15.9 Å². The molecule has 2 atom stereocenters. The van der Waals surface area contributed by atoms with E-state index >= 15 is 0 Å². The number of benzene rings is 1. The Morgan fingerprint density at radius 2 is 2.00 bits per heavy atom. The van der Waals surface area contributed by atoms with Crippen molar-refractivity contribution in [3.63, 3.8) is 0 Å². The average molecular weight is 334 g/mol. The van der Waals surface area contributed by atoms with E-state index in [0.717, 1.165) is 19.3 Å². The van der Waals surface area contributed by atoms with Crippen LogP contribution in [0.15, 0.2) is 24.3 Å². The highest BCUT2D eigenvalue weighted by Crippen LogP contribution is 2.26. The molecule has 6 heteroatoms. The van der Waals surface area contributed by atoms with Crippen LogP contribution in [0.4, 0.5) is 8.78 Å². The van der Waals surface area contributed by atoms with Gasteiger partial charge in [0.05, 0.1) is 0 Å². The van der Waals surface area contributed by atoms with E-state index in [1.807, 2.05) is 0 Å². The van der Waals surface area contributed by atoms with Gasteiger partial charge < -0.3 is 10.1 Å². The molecule has 1 aliphatic rings. The minimum Gasteiger partial charge on any atom is -0.435 e. The van der Waals surface area contributed by atoms with Crippen molar-refractivity contribution in [2.24, 2.45) is 0 Å². The first-order chi connectivity index (χ1) is 9.06. The van der Waals surface area contributed by atoms with Crippen LogP contribution in [-0.4, -0.2) is 23.4 Å². The van der Waals surface area contributed by atoms with Gasteiger partial charge in [-0.15, -0.1) is 0 Å². The lowest BCUT2D eigenvalue weighted by molar-refractivity contribution is -0.0498. The highest BCUT2D eigenvalue weighted by atomic mass is 79.9. The summed E-state index contributed by atoms with van der Waals surface area (Å²) in [5.41, 5.74) is 0.438. The summed E-state index contributed by atoms with van der Waals surface area (Å²) in [6.07, 6.45) is 3.09. The Labute approximate surface area is 118 Å². The van der Waals surface area contributed by atoms with Gasteiger partial charge in [0.2, 0.25) is 0 Å². The molecular weight excluding hydrogens is 320 g/mol. The lowest BCUT2D eigenvalue weighted by Gasteiger charge is -2.16. The average Bonchev–Trinajstić information content (AvgIpc) is 2.75. The molecule has 3 nitrogen and oxygen atoms in total. The molecule has 0 heterocycles. The molecule has 0 aliphatic heterocycles. The number of hydrogen-bond acceptors (Lipinski definition) is 2. The predicted molar refractivity (Wildman–Crippen MR) is 70.9 cm³/mol. The van der Waals surface area contributed by atoms with Crippen LogP contribution in [0, 0.1) is 0 Å². The van der Waals surface area contributed by atoms with Gasteiger partial charge in [0, 0.05) is 16.4 Å². The van der Waals surface area contributed by atoms with Crippen LogP contribution in [0.25, 0.3) is 0 Å². The number of alkyl halides is 3. The third kappa shape index (κ3) is 3.89. The quantitative estimate of drug-likeness (QED) is 0.858. The SMILES string of the molecule is O=C(NC1CCCC1Br)c1ccc(OC(F)F)cc1. The third-order valence-electron chi connectivity index (χ3n) is 3.09. The topological polar surface area (TPSA) is 38.3 Å². The lowest BCUT2D eigenvalue weighted by atomic mass is 10.1. The van der Waals surface area contributed by atoms with Crippen LogP contribution in [0.2, 0.25) is 0 Å². The van der Waals surface area contributed by atoms with E-state index in [1.54, 1.807) is 0 Å². The Hall–Kier alpha value is -1.17. The van der Waals surface area contributed by atoms with Crippen molar-refractivity contribution in [3.05, 3.63) is 29.8 Å². The number of carbonyl (C=O) groups is 1. The summed E-state index contributed by atoms with van der Waals surface area (Å²) >= 11 is 3.53. The maximum absolute atomic E-state index is 12.0. The van der Waals surface area contributed by atoms with Gasteiger partial charge in [-0.3, -0.25) is 4.79 Å². The first kappa shape index (κ1) is 14.2. The number of rotatable bonds is 4. The summed E-state index contributed by atoms with van der Waals surface area (Å²) in [4.78, 5) is 12.3. The van der Waals surface area contributed by atoms with Crippen molar-refractivity contribution >= 4 is 21.8 Å². The second kappa shape index (κ2) is 6.32. The van der Waals surface area contributed by atoms with Gasteiger partial charge in [-0.25, -0.2) is 0 Å². The maximum atomic E-state index is 12.0. The van der Waals surface area contributed by atoms with E-state index in [0.29, 0.717) is 10.4 Å². The number of halogens is 3. The molecule has 2 rings (SSSR count). The van der Waals surface area contributed by atoms with Crippen LogP contribution in [0.5, 0.6) is 5.75 Å². The molecule has 0 saturated heterocycles. The molecule has 19 heavy (non-hydrogen) atoms. The Kier molecular flexibility index (Phi) is 4.74. The Bertz CT molecular complexity index is 439. The maximum Gasteiger partial charge on any atom is 0.387 e. The monoisotopic (exact) mass is 333 g/mol. The molecule has 1 aromatic carbocycles. The second-order valence-electron chi connectivity index (χ2n) is 4.43. The highest BCUT2D eigenvalue weighted by molar-refractivity contribution is 9.09. The minimum atomic E-state index is -2.85. The summed E-state index contributed by atoms with van der Waals surface area (Å²) in [6.45, 7) is -2.85. The molecule has 1 amide bonds. The fourth-order valence-electron chi connectivity index (χ4n) is 2.12. The summed E-state index contributed by atoms with van der Waals surface area (Å²) < 4.78 is 28.2. The standard InChI is InChI=1S/C13H14BrF2NO2/c14-10-2-1-3-11(10)17-12(18)8-4-6-9(7-5-8)19-13(15)16/h4-7,10-11,13H,1-3H2,(H,17,18). The van der Waals surface area contributed by atoms with Gasteiger partial charge in [-0.2, -0.15) is 8.78 Å². The van der Waals surface area contributed by atoms with E-state index < -0.39 is 6.61 Å². The zero-order chi connectivity index (χ0) is 13.8. The molecule has 0 bridgehead atoms. The predicted octanol–water partition coefficient (Wildman–Crippen LogP) is 3.33. The van der Waals surface area contributed by atoms with Crippen LogP contribution < -0.4 is 10.1 Å². The summed E-state index contributed by atoms with van der Waals surface area (Å²) in [7, 11) is 0. The number of hydrogen-bond donors (Lipinski definition) is 1. The van der Waals surface area contributed by atoms with E-state index in [-0.39, 0.29) is 17.7 Å². The Balaban J connectivity index is 1.95. The van der Waals surface area contributed by atoms with E-state index in [1.165, 1.54) is 24.3 Å². The lowest BCUT2D eigenvalue weighted by Crippen LogP contribution is -2.37.